The Labute approximate surface area is 225 Å². The van der Waals surface area contributed by atoms with Crippen LogP contribution < -0.4 is 10.6 Å². The van der Waals surface area contributed by atoms with Gasteiger partial charge < -0.3 is 34.7 Å². The molecule has 2 aromatic heterocycles. The Morgan fingerprint density at radius 3 is 2.68 bits per heavy atom. The Morgan fingerprint density at radius 1 is 1.21 bits per heavy atom. The maximum atomic E-state index is 13.0. The van der Waals surface area contributed by atoms with Crippen molar-refractivity contribution in [3.8, 4) is 0 Å². The van der Waals surface area contributed by atoms with Crippen LogP contribution >= 0.6 is 11.3 Å². The molecule has 1 amide bonds. The van der Waals surface area contributed by atoms with Crippen LogP contribution in [0.15, 0.2) is 47.0 Å². The average Bonchev–Trinajstić information content (AvgIpc) is 3.46. The number of nitro groups is 1. The van der Waals surface area contributed by atoms with Gasteiger partial charge in [0.1, 0.15) is 12.0 Å². The fourth-order valence-corrected chi connectivity index (χ4v) is 4.65. The van der Waals surface area contributed by atoms with E-state index in [9.17, 15) is 14.9 Å². The van der Waals surface area contributed by atoms with E-state index in [-0.39, 0.29) is 48.9 Å². The van der Waals surface area contributed by atoms with Gasteiger partial charge in [0.05, 0.1) is 31.4 Å². The third kappa shape index (κ3) is 9.03. The van der Waals surface area contributed by atoms with Gasteiger partial charge in [-0.05, 0) is 47.9 Å². The lowest BCUT2D eigenvalue weighted by Crippen LogP contribution is -2.40. The highest BCUT2D eigenvalue weighted by atomic mass is 32.1. The zero-order valence-corrected chi connectivity index (χ0v) is 22.1. The van der Waals surface area contributed by atoms with Crippen molar-refractivity contribution in [1.29, 1.82) is 0 Å². The lowest BCUT2D eigenvalue weighted by atomic mass is 9.82. The van der Waals surface area contributed by atoms with Gasteiger partial charge in [-0.2, -0.15) is 11.3 Å². The summed E-state index contributed by atoms with van der Waals surface area (Å²) < 4.78 is 22.9. The molecule has 1 aliphatic rings. The maximum absolute atomic E-state index is 13.0. The van der Waals surface area contributed by atoms with Gasteiger partial charge in [0.25, 0.3) is 11.6 Å². The molecule has 0 aliphatic carbocycles. The molecule has 0 saturated carbocycles. The molecule has 208 valence electrons. The SMILES string of the molecule is CCO[C@H]1OC(C(=O)NCCNc2ccc([N+](=O)[O-])cn2)=C[C@@H](c2ccsc2)[C@H]1CCOCCOCCO. The summed E-state index contributed by atoms with van der Waals surface area (Å²) in [6.07, 6.45) is 3.05. The highest BCUT2D eigenvalue weighted by Crippen LogP contribution is 2.39. The van der Waals surface area contributed by atoms with Crippen LogP contribution in [0.2, 0.25) is 0 Å². The standard InChI is InChI=1S/C25H34N4O8S/c1-2-36-25-20(5-10-34-12-13-35-11-9-30)21(18-6-14-38-17-18)15-22(37-25)24(31)27-8-7-26-23-4-3-19(16-28-23)29(32)33/h3-4,6,14-17,20-21,25,30H,2,5,7-13H2,1H3,(H,26,28)(H,27,31)/t20-,21+,25+/m1/s1. The number of hydrogen-bond acceptors (Lipinski definition) is 11. The first-order valence-corrected chi connectivity index (χ1v) is 13.4. The number of amides is 1. The lowest BCUT2D eigenvalue weighted by molar-refractivity contribution is -0.385. The zero-order valence-electron chi connectivity index (χ0n) is 21.2. The van der Waals surface area contributed by atoms with E-state index in [0.29, 0.717) is 45.2 Å². The molecule has 3 heterocycles. The summed E-state index contributed by atoms with van der Waals surface area (Å²) >= 11 is 1.59. The molecular formula is C25H34N4O8S. The number of nitrogens with one attached hydrogen (secondary N) is 2. The molecule has 12 nitrogen and oxygen atoms in total. The number of aromatic nitrogens is 1. The third-order valence-electron chi connectivity index (χ3n) is 5.75. The molecule has 0 bridgehead atoms. The van der Waals surface area contributed by atoms with Crippen LogP contribution in [0.3, 0.4) is 0 Å². The number of nitrogens with zero attached hydrogens (tertiary/aromatic N) is 2. The molecule has 0 radical (unpaired) electrons. The van der Waals surface area contributed by atoms with E-state index in [0.717, 1.165) is 5.56 Å². The molecule has 0 aromatic carbocycles. The zero-order chi connectivity index (χ0) is 27.2. The van der Waals surface area contributed by atoms with Gasteiger partial charge in [-0.15, -0.1) is 0 Å². The summed E-state index contributed by atoms with van der Waals surface area (Å²) in [5, 5.41) is 29.4. The first-order valence-electron chi connectivity index (χ1n) is 12.4. The number of allylic oxidation sites excluding steroid dienone is 1. The first kappa shape index (κ1) is 29.5. The van der Waals surface area contributed by atoms with E-state index in [1.54, 1.807) is 11.3 Å². The van der Waals surface area contributed by atoms with Crippen LogP contribution in [0.25, 0.3) is 0 Å². The van der Waals surface area contributed by atoms with Crippen molar-refractivity contribution in [2.75, 3.05) is 58.0 Å². The van der Waals surface area contributed by atoms with Gasteiger partial charge in [-0.3, -0.25) is 14.9 Å². The Morgan fingerprint density at radius 2 is 2.03 bits per heavy atom. The summed E-state index contributed by atoms with van der Waals surface area (Å²) in [6, 6.07) is 4.91. The minimum atomic E-state index is -0.618. The number of aliphatic hydroxyl groups is 1. The molecule has 0 unspecified atom stereocenters. The number of pyridine rings is 1. The van der Waals surface area contributed by atoms with Gasteiger partial charge in [-0.1, -0.05) is 0 Å². The van der Waals surface area contributed by atoms with Crippen molar-refractivity contribution in [2.24, 2.45) is 5.92 Å². The fourth-order valence-electron chi connectivity index (χ4n) is 3.94. The molecule has 0 spiro atoms. The summed E-state index contributed by atoms with van der Waals surface area (Å²) in [4.78, 5) is 27.2. The molecule has 38 heavy (non-hydrogen) atoms. The van der Waals surface area contributed by atoms with Gasteiger partial charge in [0, 0.05) is 44.2 Å². The van der Waals surface area contributed by atoms with Crippen molar-refractivity contribution in [2.45, 2.75) is 25.6 Å². The predicted molar refractivity (Wildman–Crippen MR) is 141 cm³/mol. The van der Waals surface area contributed by atoms with Crippen LogP contribution in [-0.4, -0.2) is 79.9 Å². The number of rotatable bonds is 17. The Balaban J connectivity index is 1.57. The third-order valence-corrected chi connectivity index (χ3v) is 6.45. The Hall–Kier alpha value is -3.10. The highest BCUT2D eigenvalue weighted by molar-refractivity contribution is 7.08. The van der Waals surface area contributed by atoms with E-state index in [1.165, 1.54) is 18.3 Å². The monoisotopic (exact) mass is 550 g/mol. The van der Waals surface area contributed by atoms with Gasteiger partial charge in [0.2, 0.25) is 6.29 Å². The van der Waals surface area contributed by atoms with Crippen molar-refractivity contribution in [3.63, 3.8) is 0 Å². The first-order chi connectivity index (χ1) is 18.5. The predicted octanol–water partition coefficient (Wildman–Crippen LogP) is 2.67. The summed E-state index contributed by atoms with van der Waals surface area (Å²) in [5.74, 6) is 0.155. The molecule has 0 saturated heterocycles. The minimum absolute atomic E-state index is 0.0203. The number of aliphatic hydroxyl groups excluding tert-OH is 1. The van der Waals surface area contributed by atoms with Crippen molar-refractivity contribution < 1.29 is 33.8 Å². The van der Waals surface area contributed by atoms with Gasteiger partial charge in [0.15, 0.2) is 5.76 Å². The minimum Gasteiger partial charge on any atom is -0.459 e. The van der Waals surface area contributed by atoms with Crippen LogP contribution in [0.4, 0.5) is 11.5 Å². The van der Waals surface area contributed by atoms with Crippen molar-refractivity contribution in [3.05, 3.63) is 62.7 Å². The second-order valence-corrected chi connectivity index (χ2v) is 9.08. The summed E-state index contributed by atoms with van der Waals surface area (Å²) in [5.41, 5.74) is 0.988. The number of carbonyl (C=O) groups is 1. The number of thiophene rings is 1. The van der Waals surface area contributed by atoms with Crippen LogP contribution in [0, 0.1) is 16.0 Å². The van der Waals surface area contributed by atoms with E-state index >= 15 is 0 Å². The molecular weight excluding hydrogens is 516 g/mol. The highest BCUT2D eigenvalue weighted by Gasteiger charge is 2.38. The van der Waals surface area contributed by atoms with Crippen molar-refractivity contribution in [1.82, 2.24) is 10.3 Å². The average molecular weight is 551 g/mol. The van der Waals surface area contributed by atoms with Crippen LogP contribution in [-0.2, 0) is 23.7 Å². The Kier molecular flexibility index (Phi) is 12.4. The Bertz CT molecular complexity index is 1020. The maximum Gasteiger partial charge on any atom is 0.287 e. The molecule has 2 aromatic rings. The molecule has 3 atom stereocenters. The van der Waals surface area contributed by atoms with E-state index < -0.39 is 11.2 Å². The van der Waals surface area contributed by atoms with Crippen LogP contribution in [0.1, 0.15) is 24.8 Å². The lowest BCUT2D eigenvalue weighted by Gasteiger charge is -2.36. The quantitative estimate of drug-likeness (QED) is 0.152. The second-order valence-electron chi connectivity index (χ2n) is 8.30. The van der Waals surface area contributed by atoms with Crippen LogP contribution in [0.5, 0.6) is 0 Å². The van der Waals surface area contributed by atoms with E-state index in [2.05, 4.69) is 21.0 Å². The number of hydrogen-bond donors (Lipinski definition) is 3. The smallest absolute Gasteiger partial charge is 0.287 e. The largest absolute Gasteiger partial charge is 0.459 e. The number of carbonyl (C=O) groups excluding carboxylic acids is 1. The summed E-state index contributed by atoms with van der Waals surface area (Å²) in [7, 11) is 0. The van der Waals surface area contributed by atoms with Gasteiger partial charge >= 0.3 is 0 Å². The van der Waals surface area contributed by atoms with Gasteiger partial charge in [-0.25, -0.2) is 4.98 Å². The molecule has 3 N–H and O–H groups in total. The normalized spacial score (nSPS) is 18.9. The molecule has 13 heteroatoms. The van der Waals surface area contributed by atoms with E-state index in [1.807, 2.05) is 24.4 Å². The molecule has 1 aliphatic heterocycles. The topological polar surface area (TPSA) is 154 Å². The van der Waals surface area contributed by atoms with Crippen molar-refractivity contribution >= 4 is 28.7 Å². The molecule has 0 fully saturated rings. The second kappa shape index (κ2) is 16.0. The fraction of sp³-hybridized carbons (Fsp3) is 0.520. The number of ether oxygens (including phenoxy) is 4. The van der Waals surface area contributed by atoms with E-state index in [4.69, 9.17) is 24.1 Å². The molecule has 3 rings (SSSR count). The summed E-state index contributed by atoms with van der Waals surface area (Å²) in [6.45, 7) is 4.52. The number of anilines is 1.